The molecule has 0 unspecified atom stereocenters. The molecule has 1 saturated heterocycles. The predicted molar refractivity (Wildman–Crippen MR) is 135 cm³/mol. The van der Waals surface area contributed by atoms with Crippen molar-refractivity contribution >= 4 is 32.5 Å². The highest BCUT2D eigenvalue weighted by Gasteiger charge is 2.23. The predicted octanol–water partition coefficient (Wildman–Crippen LogP) is 4.06. The van der Waals surface area contributed by atoms with Gasteiger partial charge in [-0.3, -0.25) is 0 Å². The lowest BCUT2D eigenvalue weighted by atomic mass is 10.1. The number of nitriles is 1. The van der Waals surface area contributed by atoms with E-state index < -0.39 is 10.0 Å². The summed E-state index contributed by atoms with van der Waals surface area (Å²) >= 11 is 6.46. The summed E-state index contributed by atoms with van der Waals surface area (Å²) in [6.45, 7) is 6.03. The zero-order valence-electron chi connectivity index (χ0n) is 19.5. The van der Waals surface area contributed by atoms with E-state index in [9.17, 15) is 13.7 Å². The zero-order valence-corrected chi connectivity index (χ0v) is 21.1. The molecule has 3 aromatic rings. The number of halogens is 1. The lowest BCUT2D eigenvalue weighted by Gasteiger charge is -2.33. The first-order valence-electron chi connectivity index (χ1n) is 11.4. The van der Waals surface area contributed by atoms with Crippen LogP contribution in [-0.2, 0) is 16.4 Å². The molecule has 0 aliphatic carbocycles. The van der Waals surface area contributed by atoms with Crippen LogP contribution in [0.4, 0.5) is 0 Å². The van der Waals surface area contributed by atoms with E-state index in [0.29, 0.717) is 36.0 Å². The highest BCUT2D eigenvalue weighted by molar-refractivity contribution is 7.88. The molecule has 7 nitrogen and oxygen atoms in total. The van der Waals surface area contributed by atoms with Gasteiger partial charge in [0.05, 0.1) is 29.0 Å². The molecular formula is C25H29ClN4O3S. The molecule has 0 spiro atoms. The van der Waals surface area contributed by atoms with E-state index in [2.05, 4.69) is 35.2 Å². The number of piperazine rings is 1. The molecule has 1 aliphatic heterocycles. The van der Waals surface area contributed by atoms with Gasteiger partial charge in [-0.15, -0.1) is 0 Å². The van der Waals surface area contributed by atoms with E-state index in [1.807, 2.05) is 23.8 Å². The van der Waals surface area contributed by atoms with Crippen LogP contribution in [-0.4, -0.2) is 67.8 Å². The van der Waals surface area contributed by atoms with Crippen molar-refractivity contribution in [1.82, 2.24) is 13.8 Å². The number of aromatic nitrogens is 1. The van der Waals surface area contributed by atoms with E-state index in [4.69, 9.17) is 16.3 Å². The van der Waals surface area contributed by atoms with Crippen molar-refractivity contribution in [2.75, 3.05) is 45.6 Å². The third kappa shape index (κ3) is 5.39. The molecule has 0 bridgehead atoms. The van der Waals surface area contributed by atoms with Gasteiger partial charge in [-0.2, -0.15) is 9.57 Å². The largest absolute Gasteiger partial charge is 0.491 e. The molecule has 0 saturated carbocycles. The fourth-order valence-electron chi connectivity index (χ4n) is 4.30. The number of benzene rings is 2. The maximum absolute atomic E-state index is 11.7. The summed E-state index contributed by atoms with van der Waals surface area (Å²) in [4.78, 5) is 2.31. The van der Waals surface area contributed by atoms with Crippen LogP contribution in [0.2, 0.25) is 5.02 Å². The van der Waals surface area contributed by atoms with E-state index in [1.54, 1.807) is 10.4 Å². The summed E-state index contributed by atoms with van der Waals surface area (Å²) in [6.07, 6.45) is 4.99. The SMILES string of the molecule is CCCOc1c(Cl)cc(-n2ccc3cc(CCN4CCN(S(C)(=O)=O)CC4)ccc32)cc1C#N. The van der Waals surface area contributed by atoms with Crippen molar-refractivity contribution in [2.24, 2.45) is 0 Å². The Morgan fingerprint density at radius 3 is 2.56 bits per heavy atom. The highest BCUT2D eigenvalue weighted by Crippen LogP contribution is 2.33. The molecule has 1 aliphatic rings. The highest BCUT2D eigenvalue weighted by atomic mass is 35.5. The second kappa shape index (κ2) is 10.4. The minimum Gasteiger partial charge on any atom is -0.491 e. The lowest BCUT2D eigenvalue weighted by molar-refractivity contribution is 0.191. The number of rotatable bonds is 8. The average molecular weight is 501 g/mol. The summed E-state index contributed by atoms with van der Waals surface area (Å²) in [5.74, 6) is 0.436. The molecule has 34 heavy (non-hydrogen) atoms. The standard InChI is InChI=1S/C25H29ClN4O3S/c1-3-14-33-25-21(18-27)16-22(17-23(25)26)30-9-7-20-15-19(4-5-24(20)30)6-8-28-10-12-29(13-11-28)34(2,31)32/h4-5,7,9,15-17H,3,6,8,10-14H2,1-2H3. The summed E-state index contributed by atoms with van der Waals surface area (Å²) in [6, 6.07) is 14.3. The van der Waals surface area contributed by atoms with Crippen LogP contribution >= 0.6 is 11.6 Å². The topological polar surface area (TPSA) is 78.6 Å². The van der Waals surface area contributed by atoms with Crippen LogP contribution in [0.1, 0.15) is 24.5 Å². The lowest BCUT2D eigenvalue weighted by Crippen LogP contribution is -2.48. The maximum atomic E-state index is 11.7. The molecule has 0 radical (unpaired) electrons. The molecule has 0 N–H and O–H groups in total. The van der Waals surface area contributed by atoms with E-state index in [1.165, 1.54) is 11.8 Å². The summed E-state index contributed by atoms with van der Waals surface area (Å²) in [7, 11) is -3.10. The first-order valence-corrected chi connectivity index (χ1v) is 13.7. The number of sulfonamides is 1. The smallest absolute Gasteiger partial charge is 0.211 e. The first-order chi connectivity index (χ1) is 16.3. The number of hydrogen-bond donors (Lipinski definition) is 0. The Bertz CT molecular complexity index is 1320. The number of nitrogens with zero attached hydrogens (tertiary/aromatic N) is 4. The first kappa shape index (κ1) is 24.6. The third-order valence-electron chi connectivity index (χ3n) is 6.15. The molecule has 180 valence electrons. The molecule has 1 fully saturated rings. The van der Waals surface area contributed by atoms with Crippen LogP contribution in [0.15, 0.2) is 42.6 Å². The monoisotopic (exact) mass is 500 g/mol. The summed E-state index contributed by atoms with van der Waals surface area (Å²) in [5.41, 5.74) is 3.50. The van der Waals surface area contributed by atoms with Crippen LogP contribution in [0.3, 0.4) is 0 Å². The van der Waals surface area contributed by atoms with Gasteiger partial charge in [0, 0.05) is 50.0 Å². The Balaban J connectivity index is 1.48. The Morgan fingerprint density at radius 2 is 1.88 bits per heavy atom. The maximum Gasteiger partial charge on any atom is 0.211 e. The number of ether oxygens (including phenoxy) is 1. The molecule has 2 aromatic carbocycles. The van der Waals surface area contributed by atoms with E-state index in [0.717, 1.165) is 49.1 Å². The van der Waals surface area contributed by atoms with Crippen LogP contribution < -0.4 is 4.74 Å². The second-order valence-corrected chi connectivity index (χ2v) is 11.0. The third-order valence-corrected chi connectivity index (χ3v) is 7.73. The molecule has 0 atom stereocenters. The van der Waals surface area contributed by atoms with Crippen LogP contribution in [0, 0.1) is 11.3 Å². The van der Waals surface area contributed by atoms with Gasteiger partial charge < -0.3 is 14.2 Å². The van der Waals surface area contributed by atoms with E-state index >= 15 is 0 Å². The zero-order chi connectivity index (χ0) is 24.3. The van der Waals surface area contributed by atoms with Crippen LogP contribution in [0.5, 0.6) is 5.75 Å². The minimum absolute atomic E-state index is 0.422. The van der Waals surface area contributed by atoms with Gasteiger partial charge in [0.1, 0.15) is 6.07 Å². The minimum atomic E-state index is -3.10. The Labute approximate surface area is 206 Å². The van der Waals surface area contributed by atoms with Gasteiger partial charge >= 0.3 is 0 Å². The Morgan fingerprint density at radius 1 is 1.12 bits per heavy atom. The van der Waals surface area contributed by atoms with Crippen molar-refractivity contribution in [2.45, 2.75) is 19.8 Å². The summed E-state index contributed by atoms with van der Waals surface area (Å²) < 4.78 is 32.6. The van der Waals surface area contributed by atoms with Gasteiger partial charge in [0.25, 0.3) is 0 Å². The number of fused-ring (bicyclic) bond motifs is 1. The van der Waals surface area contributed by atoms with Gasteiger partial charge in [-0.05, 0) is 48.7 Å². The normalized spacial score (nSPS) is 15.5. The van der Waals surface area contributed by atoms with Gasteiger partial charge in [0.15, 0.2) is 5.75 Å². The molecule has 1 aromatic heterocycles. The molecular weight excluding hydrogens is 472 g/mol. The fraction of sp³-hybridized carbons (Fsp3) is 0.400. The van der Waals surface area contributed by atoms with Crippen molar-refractivity contribution in [3.8, 4) is 17.5 Å². The van der Waals surface area contributed by atoms with E-state index in [-0.39, 0.29) is 0 Å². The van der Waals surface area contributed by atoms with Crippen molar-refractivity contribution in [1.29, 1.82) is 5.26 Å². The fourth-order valence-corrected chi connectivity index (χ4v) is 5.39. The molecule has 4 rings (SSSR count). The quantitative estimate of drug-likeness (QED) is 0.466. The van der Waals surface area contributed by atoms with Crippen LogP contribution in [0.25, 0.3) is 16.6 Å². The molecule has 0 amide bonds. The second-order valence-electron chi connectivity index (χ2n) is 8.60. The molecule has 9 heteroatoms. The number of hydrogen-bond acceptors (Lipinski definition) is 5. The average Bonchev–Trinajstić information content (AvgIpc) is 3.24. The van der Waals surface area contributed by atoms with Crippen molar-refractivity contribution < 1.29 is 13.2 Å². The Hall–Kier alpha value is -2.57. The molecule has 2 heterocycles. The van der Waals surface area contributed by atoms with Gasteiger partial charge in [-0.1, -0.05) is 24.6 Å². The van der Waals surface area contributed by atoms with Crippen molar-refractivity contribution in [3.05, 3.63) is 58.7 Å². The summed E-state index contributed by atoms with van der Waals surface area (Å²) in [5, 5.41) is 11.1. The van der Waals surface area contributed by atoms with Crippen molar-refractivity contribution in [3.63, 3.8) is 0 Å². The van der Waals surface area contributed by atoms with Gasteiger partial charge in [0.2, 0.25) is 10.0 Å². The Kier molecular flexibility index (Phi) is 7.48. The van der Waals surface area contributed by atoms with Gasteiger partial charge in [-0.25, -0.2) is 8.42 Å².